The molecule has 0 aromatic heterocycles. The molecule has 0 radical (unpaired) electrons. The minimum absolute atomic E-state index is 0.120. The summed E-state index contributed by atoms with van der Waals surface area (Å²) in [4.78, 5) is 0. The van der Waals surface area contributed by atoms with Crippen LogP contribution in [-0.4, -0.2) is 12.1 Å². The van der Waals surface area contributed by atoms with Gasteiger partial charge in [0.05, 0.1) is 12.7 Å². The van der Waals surface area contributed by atoms with Crippen LogP contribution < -0.4 is 10.5 Å². The highest BCUT2D eigenvalue weighted by atomic mass is 19.2. The average Bonchev–Trinajstić information content (AvgIpc) is 2.82. The van der Waals surface area contributed by atoms with E-state index < -0.39 is 34.6 Å². The van der Waals surface area contributed by atoms with E-state index in [2.05, 4.69) is 0 Å². The van der Waals surface area contributed by atoms with E-state index in [0.717, 1.165) is 6.42 Å². The molecule has 2 unspecified atom stereocenters. The van der Waals surface area contributed by atoms with E-state index in [1.807, 2.05) is 6.07 Å². The van der Waals surface area contributed by atoms with Crippen LogP contribution in [0.25, 0.3) is 0 Å². The van der Waals surface area contributed by atoms with Crippen molar-refractivity contribution < 1.29 is 22.3 Å². The van der Waals surface area contributed by atoms with Crippen molar-refractivity contribution in [1.29, 1.82) is 5.26 Å². The van der Waals surface area contributed by atoms with E-state index in [4.69, 9.17) is 15.7 Å². The van der Waals surface area contributed by atoms with Crippen molar-refractivity contribution in [2.75, 3.05) is 6.61 Å². The number of benzene rings is 1. The van der Waals surface area contributed by atoms with Gasteiger partial charge in [0.25, 0.3) is 0 Å². The molecule has 21 heavy (non-hydrogen) atoms. The van der Waals surface area contributed by atoms with Gasteiger partial charge in [0, 0.05) is 6.07 Å². The Bertz CT molecular complexity index is 561. The van der Waals surface area contributed by atoms with Crippen LogP contribution in [0.15, 0.2) is 6.07 Å². The van der Waals surface area contributed by atoms with E-state index in [1.165, 1.54) is 0 Å². The number of nitriles is 1. The second-order valence-corrected chi connectivity index (χ2v) is 5.18. The zero-order chi connectivity index (χ0) is 15.6. The fourth-order valence-corrected chi connectivity index (χ4v) is 2.63. The molecule has 2 atom stereocenters. The molecule has 0 amide bonds. The van der Waals surface area contributed by atoms with E-state index in [-0.39, 0.29) is 25.0 Å². The predicted molar refractivity (Wildman–Crippen MR) is 66.3 cm³/mol. The standard InChI is InChI=1S/C14H14F4N2O/c15-9-6-10(16)12(18)13(11(9)17)21-5-3-8-2-1-4-14(8,20)7-19/h6,8H,1-5,20H2. The summed E-state index contributed by atoms with van der Waals surface area (Å²) in [5.41, 5.74) is 4.93. The Balaban J connectivity index is 2.04. The molecule has 1 fully saturated rings. The summed E-state index contributed by atoms with van der Waals surface area (Å²) in [7, 11) is 0. The molecule has 0 spiro atoms. The molecular formula is C14H14F4N2O. The molecular weight excluding hydrogens is 288 g/mol. The predicted octanol–water partition coefficient (Wildman–Crippen LogP) is 3.03. The quantitative estimate of drug-likeness (QED) is 0.687. The van der Waals surface area contributed by atoms with Crippen LogP contribution in [0.1, 0.15) is 25.7 Å². The first-order chi connectivity index (χ1) is 9.89. The smallest absolute Gasteiger partial charge is 0.203 e. The first kappa shape index (κ1) is 15.6. The summed E-state index contributed by atoms with van der Waals surface area (Å²) in [5.74, 6) is -7.43. The van der Waals surface area contributed by atoms with Gasteiger partial charge in [-0.25, -0.2) is 8.78 Å². The molecule has 1 aliphatic rings. The maximum atomic E-state index is 13.4. The van der Waals surface area contributed by atoms with Crippen LogP contribution >= 0.6 is 0 Å². The molecule has 1 saturated carbocycles. The normalized spacial score (nSPS) is 24.9. The van der Waals surface area contributed by atoms with Crippen LogP contribution in [0.3, 0.4) is 0 Å². The Labute approximate surface area is 119 Å². The third-order valence-electron chi connectivity index (χ3n) is 3.86. The fraction of sp³-hybridized carbons (Fsp3) is 0.500. The van der Waals surface area contributed by atoms with Gasteiger partial charge in [-0.3, -0.25) is 0 Å². The third kappa shape index (κ3) is 2.95. The summed E-state index contributed by atoms with van der Waals surface area (Å²) in [6.07, 6.45) is 2.31. The second-order valence-electron chi connectivity index (χ2n) is 5.18. The van der Waals surface area contributed by atoms with Gasteiger partial charge in [-0.1, -0.05) is 6.42 Å². The number of hydrogen-bond acceptors (Lipinski definition) is 3. The van der Waals surface area contributed by atoms with Crippen molar-refractivity contribution in [2.24, 2.45) is 11.7 Å². The molecule has 1 aliphatic carbocycles. The van der Waals surface area contributed by atoms with Gasteiger partial charge in [-0.15, -0.1) is 0 Å². The Hall–Kier alpha value is -1.81. The van der Waals surface area contributed by atoms with Crippen LogP contribution in [-0.2, 0) is 0 Å². The SMILES string of the molecule is N#CC1(N)CCCC1CCOc1c(F)c(F)cc(F)c1F. The van der Waals surface area contributed by atoms with Gasteiger partial charge in [-0.05, 0) is 25.2 Å². The summed E-state index contributed by atoms with van der Waals surface area (Å²) < 4.78 is 57.6. The molecule has 1 aromatic rings. The zero-order valence-electron chi connectivity index (χ0n) is 11.1. The van der Waals surface area contributed by atoms with Crippen LogP contribution in [0.5, 0.6) is 5.75 Å². The van der Waals surface area contributed by atoms with E-state index >= 15 is 0 Å². The molecule has 3 nitrogen and oxygen atoms in total. The van der Waals surface area contributed by atoms with Crippen LogP contribution in [0.4, 0.5) is 17.6 Å². The monoisotopic (exact) mass is 302 g/mol. The van der Waals surface area contributed by atoms with Crippen molar-refractivity contribution in [2.45, 2.75) is 31.2 Å². The summed E-state index contributed by atoms with van der Waals surface area (Å²) in [6, 6.07) is 2.15. The number of ether oxygens (including phenoxy) is 1. The summed E-state index contributed by atoms with van der Waals surface area (Å²) in [5, 5.41) is 9.04. The van der Waals surface area contributed by atoms with E-state index in [1.54, 1.807) is 0 Å². The van der Waals surface area contributed by atoms with Gasteiger partial charge < -0.3 is 10.5 Å². The third-order valence-corrected chi connectivity index (χ3v) is 3.86. The Morgan fingerprint density at radius 2 is 1.90 bits per heavy atom. The van der Waals surface area contributed by atoms with Gasteiger partial charge in [-0.2, -0.15) is 14.0 Å². The molecule has 0 heterocycles. The lowest BCUT2D eigenvalue weighted by molar-refractivity contribution is 0.230. The number of hydrogen-bond donors (Lipinski definition) is 1. The first-order valence-electron chi connectivity index (χ1n) is 6.55. The number of nitrogens with zero attached hydrogens (tertiary/aromatic N) is 1. The fourth-order valence-electron chi connectivity index (χ4n) is 2.63. The Kier molecular flexibility index (Phi) is 4.37. The molecule has 0 saturated heterocycles. The number of halogens is 4. The number of nitrogens with two attached hydrogens (primary N) is 1. The first-order valence-corrected chi connectivity index (χ1v) is 6.55. The van der Waals surface area contributed by atoms with Crippen molar-refractivity contribution in [3.63, 3.8) is 0 Å². The van der Waals surface area contributed by atoms with Crippen LogP contribution in [0, 0.1) is 40.5 Å². The van der Waals surface area contributed by atoms with Gasteiger partial charge in [0.15, 0.2) is 17.4 Å². The largest absolute Gasteiger partial charge is 0.487 e. The zero-order valence-corrected chi connectivity index (χ0v) is 11.1. The molecule has 114 valence electrons. The second kappa shape index (κ2) is 5.90. The highest BCUT2D eigenvalue weighted by Gasteiger charge is 2.39. The van der Waals surface area contributed by atoms with Crippen molar-refractivity contribution >= 4 is 0 Å². The molecule has 2 rings (SSSR count). The molecule has 2 N–H and O–H groups in total. The summed E-state index contributed by atoms with van der Waals surface area (Å²) >= 11 is 0. The summed E-state index contributed by atoms with van der Waals surface area (Å²) in [6.45, 7) is -0.179. The average molecular weight is 302 g/mol. The van der Waals surface area contributed by atoms with Crippen LogP contribution in [0.2, 0.25) is 0 Å². The maximum Gasteiger partial charge on any atom is 0.203 e. The molecule has 0 bridgehead atoms. The van der Waals surface area contributed by atoms with Gasteiger partial charge >= 0.3 is 0 Å². The molecule has 7 heteroatoms. The van der Waals surface area contributed by atoms with Crippen molar-refractivity contribution in [3.8, 4) is 11.8 Å². The topological polar surface area (TPSA) is 59.0 Å². The molecule has 1 aromatic carbocycles. The van der Waals surface area contributed by atoms with E-state index in [0.29, 0.717) is 12.8 Å². The maximum absolute atomic E-state index is 13.4. The minimum Gasteiger partial charge on any atom is -0.487 e. The van der Waals surface area contributed by atoms with E-state index in [9.17, 15) is 17.6 Å². The Morgan fingerprint density at radius 1 is 1.29 bits per heavy atom. The lowest BCUT2D eigenvalue weighted by Gasteiger charge is -2.23. The molecule has 0 aliphatic heterocycles. The lowest BCUT2D eigenvalue weighted by atomic mass is 9.87. The highest BCUT2D eigenvalue weighted by Crippen LogP contribution is 2.36. The van der Waals surface area contributed by atoms with Crippen molar-refractivity contribution in [3.05, 3.63) is 29.3 Å². The lowest BCUT2D eigenvalue weighted by Crippen LogP contribution is -2.42. The van der Waals surface area contributed by atoms with Gasteiger partial charge in [0.1, 0.15) is 5.54 Å². The number of rotatable bonds is 4. The highest BCUT2D eigenvalue weighted by molar-refractivity contribution is 5.28. The van der Waals surface area contributed by atoms with Crippen molar-refractivity contribution in [1.82, 2.24) is 0 Å². The Morgan fingerprint density at radius 3 is 2.48 bits per heavy atom. The minimum atomic E-state index is -1.57. The van der Waals surface area contributed by atoms with Gasteiger partial charge in [0.2, 0.25) is 11.6 Å².